The van der Waals surface area contributed by atoms with Crippen molar-refractivity contribution in [3.8, 4) is 0 Å². The Balaban J connectivity index is 2.14. The zero-order chi connectivity index (χ0) is 16.3. The van der Waals surface area contributed by atoms with E-state index in [1.54, 1.807) is 25.5 Å². The summed E-state index contributed by atoms with van der Waals surface area (Å²) >= 11 is 5.52. The summed E-state index contributed by atoms with van der Waals surface area (Å²) in [7, 11) is 1.63. The predicted octanol–water partition coefficient (Wildman–Crippen LogP) is 3.78. The minimum absolute atomic E-state index is 0.0710. The van der Waals surface area contributed by atoms with Crippen LogP contribution in [0.5, 0.6) is 0 Å². The van der Waals surface area contributed by atoms with Crippen molar-refractivity contribution in [3.05, 3.63) is 64.4 Å². The average Bonchev–Trinajstić information content (AvgIpc) is 2.54. The number of aromatic nitrogens is 1. The van der Waals surface area contributed by atoms with Gasteiger partial charge in [-0.3, -0.25) is 9.78 Å². The second-order valence-electron chi connectivity index (χ2n) is 4.98. The standard InChI is InChI=1S/C16H15ClF2N2O/c1-10(12-4-3-7-20-9-12)21(2)14(22)8-11-5-6-13(18)15(17)16(11)19/h3-7,9-10H,8H2,1-2H3/t10-/m1/s1. The van der Waals surface area contributed by atoms with Gasteiger partial charge in [-0.15, -0.1) is 0 Å². The molecule has 1 heterocycles. The fraction of sp³-hybridized carbons (Fsp3) is 0.250. The molecule has 0 bridgehead atoms. The first kappa shape index (κ1) is 16.4. The number of amides is 1. The van der Waals surface area contributed by atoms with E-state index in [-0.39, 0.29) is 23.9 Å². The van der Waals surface area contributed by atoms with Gasteiger partial charge in [0.2, 0.25) is 5.91 Å². The zero-order valence-electron chi connectivity index (χ0n) is 12.2. The average molecular weight is 325 g/mol. The van der Waals surface area contributed by atoms with E-state index in [1.807, 2.05) is 13.0 Å². The van der Waals surface area contributed by atoms with E-state index in [2.05, 4.69) is 4.98 Å². The first-order chi connectivity index (χ1) is 10.4. The highest BCUT2D eigenvalue weighted by Crippen LogP contribution is 2.24. The Morgan fingerprint density at radius 3 is 2.73 bits per heavy atom. The van der Waals surface area contributed by atoms with Crippen LogP contribution in [0, 0.1) is 11.6 Å². The molecule has 1 atom stereocenters. The van der Waals surface area contributed by atoms with Crippen molar-refractivity contribution in [1.82, 2.24) is 9.88 Å². The van der Waals surface area contributed by atoms with Gasteiger partial charge in [-0.2, -0.15) is 0 Å². The normalized spacial score (nSPS) is 12.0. The number of hydrogen-bond donors (Lipinski definition) is 0. The van der Waals surface area contributed by atoms with E-state index < -0.39 is 16.7 Å². The SMILES string of the molecule is C[C@H](c1cccnc1)N(C)C(=O)Cc1ccc(F)c(Cl)c1F. The highest BCUT2D eigenvalue weighted by Gasteiger charge is 2.20. The lowest BCUT2D eigenvalue weighted by Crippen LogP contribution is -2.31. The fourth-order valence-electron chi connectivity index (χ4n) is 2.05. The molecular weight excluding hydrogens is 310 g/mol. The van der Waals surface area contributed by atoms with Gasteiger partial charge < -0.3 is 4.90 Å². The van der Waals surface area contributed by atoms with Crippen LogP contribution in [0.1, 0.15) is 24.1 Å². The van der Waals surface area contributed by atoms with Crippen molar-refractivity contribution in [3.63, 3.8) is 0 Å². The van der Waals surface area contributed by atoms with Crippen LogP contribution in [0.3, 0.4) is 0 Å². The molecule has 22 heavy (non-hydrogen) atoms. The van der Waals surface area contributed by atoms with E-state index in [9.17, 15) is 13.6 Å². The minimum atomic E-state index is -0.891. The lowest BCUT2D eigenvalue weighted by molar-refractivity contribution is -0.131. The largest absolute Gasteiger partial charge is 0.339 e. The number of likely N-dealkylation sites (N-methyl/N-ethyl adjacent to an activating group) is 1. The Hall–Kier alpha value is -2.01. The van der Waals surface area contributed by atoms with Gasteiger partial charge in [-0.05, 0) is 30.2 Å². The molecular formula is C16H15ClF2N2O. The molecule has 3 nitrogen and oxygen atoms in total. The molecule has 0 N–H and O–H groups in total. The summed E-state index contributed by atoms with van der Waals surface area (Å²) in [5.41, 5.74) is 0.942. The molecule has 1 aromatic heterocycles. The summed E-state index contributed by atoms with van der Waals surface area (Å²) in [5, 5.41) is -0.590. The van der Waals surface area contributed by atoms with Gasteiger partial charge in [0.25, 0.3) is 0 Å². The molecule has 0 saturated carbocycles. The van der Waals surface area contributed by atoms with Crippen molar-refractivity contribution in [2.75, 3.05) is 7.05 Å². The lowest BCUT2D eigenvalue weighted by Gasteiger charge is -2.25. The molecule has 0 saturated heterocycles. The molecule has 0 fully saturated rings. The Bertz CT molecular complexity index is 679. The third-order valence-corrected chi connectivity index (χ3v) is 3.94. The molecule has 116 valence electrons. The van der Waals surface area contributed by atoms with Gasteiger partial charge in [0.05, 0.1) is 12.5 Å². The number of rotatable bonds is 4. The molecule has 2 rings (SSSR count). The van der Waals surface area contributed by atoms with Crippen molar-refractivity contribution >= 4 is 17.5 Å². The predicted molar refractivity (Wildman–Crippen MR) is 80.5 cm³/mol. The second kappa shape index (κ2) is 6.83. The fourth-order valence-corrected chi connectivity index (χ4v) is 2.24. The zero-order valence-corrected chi connectivity index (χ0v) is 12.9. The Morgan fingerprint density at radius 1 is 1.36 bits per heavy atom. The summed E-state index contributed by atoms with van der Waals surface area (Å²) in [6.07, 6.45) is 3.13. The van der Waals surface area contributed by atoms with Crippen LogP contribution in [0.4, 0.5) is 8.78 Å². The monoisotopic (exact) mass is 324 g/mol. The van der Waals surface area contributed by atoms with E-state index in [0.717, 1.165) is 11.6 Å². The Morgan fingerprint density at radius 2 is 2.09 bits per heavy atom. The summed E-state index contributed by atoms with van der Waals surface area (Å²) in [5.74, 6) is -2.03. The highest BCUT2D eigenvalue weighted by atomic mass is 35.5. The maximum absolute atomic E-state index is 13.9. The van der Waals surface area contributed by atoms with Crippen LogP contribution in [0.2, 0.25) is 5.02 Å². The van der Waals surface area contributed by atoms with Gasteiger partial charge in [0.15, 0.2) is 0 Å². The summed E-state index contributed by atoms with van der Waals surface area (Å²) < 4.78 is 27.0. The molecule has 0 unspecified atom stereocenters. The summed E-state index contributed by atoms with van der Waals surface area (Å²) in [4.78, 5) is 17.8. The van der Waals surface area contributed by atoms with Crippen molar-refractivity contribution < 1.29 is 13.6 Å². The highest BCUT2D eigenvalue weighted by molar-refractivity contribution is 6.31. The number of carbonyl (C=O) groups is 1. The van der Waals surface area contributed by atoms with Crippen LogP contribution < -0.4 is 0 Å². The third kappa shape index (κ3) is 3.42. The molecule has 0 radical (unpaired) electrons. The number of carbonyl (C=O) groups excluding carboxylic acids is 1. The topological polar surface area (TPSA) is 33.2 Å². The van der Waals surface area contributed by atoms with Gasteiger partial charge in [-0.1, -0.05) is 23.7 Å². The van der Waals surface area contributed by atoms with E-state index in [0.29, 0.717) is 0 Å². The van der Waals surface area contributed by atoms with Gasteiger partial charge in [0, 0.05) is 19.4 Å². The third-order valence-electron chi connectivity index (χ3n) is 3.60. The van der Waals surface area contributed by atoms with Crippen LogP contribution in [0.15, 0.2) is 36.7 Å². The molecule has 0 aliphatic heterocycles. The van der Waals surface area contributed by atoms with Crippen LogP contribution in [-0.4, -0.2) is 22.8 Å². The second-order valence-corrected chi connectivity index (χ2v) is 5.36. The first-order valence-electron chi connectivity index (χ1n) is 6.69. The van der Waals surface area contributed by atoms with E-state index in [1.165, 1.54) is 11.0 Å². The van der Waals surface area contributed by atoms with Crippen molar-refractivity contribution in [1.29, 1.82) is 0 Å². The lowest BCUT2D eigenvalue weighted by atomic mass is 10.1. The van der Waals surface area contributed by atoms with Crippen LogP contribution in [-0.2, 0) is 11.2 Å². The number of pyridine rings is 1. The molecule has 2 aromatic rings. The summed E-state index contributed by atoms with van der Waals surface area (Å²) in [6, 6.07) is 5.72. The smallest absolute Gasteiger partial charge is 0.227 e. The Labute approximate surface area is 132 Å². The minimum Gasteiger partial charge on any atom is -0.339 e. The molecule has 0 aliphatic rings. The quantitative estimate of drug-likeness (QED) is 0.802. The number of benzene rings is 1. The van der Waals surface area contributed by atoms with Crippen molar-refractivity contribution in [2.24, 2.45) is 0 Å². The first-order valence-corrected chi connectivity index (χ1v) is 7.07. The summed E-state index contributed by atoms with van der Waals surface area (Å²) in [6.45, 7) is 1.85. The molecule has 6 heteroatoms. The number of halogens is 3. The molecule has 1 amide bonds. The maximum atomic E-state index is 13.9. The van der Waals surface area contributed by atoms with Gasteiger partial charge >= 0.3 is 0 Å². The molecule has 1 aromatic carbocycles. The van der Waals surface area contributed by atoms with Gasteiger partial charge in [0.1, 0.15) is 16.7 Å². The van der Waals surface area contributed by atoms with Crippen molar-refractivity contribution in [2.45, 2.75) is 19.4 Å². The number of hydrogen-bond acceptors (Lipinski definition) is 2. The number of nitrogens with zero attached hydrogens (tertiary/aromatic N) is 2. The Kier molecular flexibility index (Phi) is 5.08. The van der Waals surface area contributed by atoms with Gasteiger partial charge in [-0.25, -0.2) is 8.78 Å². The molecule has 0 spiro atoms. The van der Waals surface area contributed by atoms with E-state index >= 15 is 0 Å². The maximum Gasteiger partial charge on any atom is 0.227 e. The van der Waals surface area contributed by atoms with Crippen LogP contribution in [0.25, 0.3) is 0 Å². The van der Waals surface area contributed by atoms with E-state index in [4.69, 9.17) is 11.6 Å². The van der Waals surface area contributed by atoms with Crippen LogP contribution >= 0.6 is 11.6 Å². The molecule has 0 aliphatic carbocycles.